The standard InChI is InChI=1S/C57H105NO8/c1-3-5-7-9-11-13-15-17-18-19-20-21-22-23-24-25-26-27-28-29-30-31-32-33-35-36-38-40-42-44-46-51(60)50(49-65-57-56(64)55(63)54(62)52(48-59)66-57)58-53(61)47-45-43-41-39-37-34-16-14-12-10-8-6-4-2/h14,16,31-32,36,38,44,46,50-52,54-57,59-60,62-64H,3-13,15,17-30,33-35,37,39-43,45,47-49H2,1-2H3,(H,58,61)/b16-14-,32-31+,38-36+,46-44+. The zero-order valence-corrected chi connectivity index (χ0v) is 42.7. The third kappa shape index (κ3) is 36.2. The van der Waals surface area contributed by atoms with E-state index in [0.717, 1.165) is 64.2 Å². The molecular weight excluding hydrogens is 827 g/mol. The lowest BCUT2D eigenvalue weighted by Crippen LogP contribution is -2.60. The van der Waals surface area contributed by atoms with E-state index in [9.17, 15) is 30.3 Å². The molecule has 0 aliphatic carbocycles. The first-order valence-corrected chi connectivity index (χ1v) is 27.9. The number of aliphatic hydroxyl groups excluding tert-OH is 5. The predicted octanol–water partition coefficient (Wildman–Crippen LogP) is 13.3. The van der Waals surface area contributed by atoms with E-state index in [2.05, 4.69) is 55.6 Å². The van der Waals surface area contributed by atoms with Crippen molar-refractivity contribution in [2.24, 2.45) is 0 Å². The summed E-state index contributed by atoms with van der Waals surface area (Å²) in [5.74, 6) is -0.200. The second-order valence-electron chi connectivity index (χ2n) is 19.4. The SMILES string of the molecule is CCCCCC/C=C\CCCCCCCC(=O)NC(COC1OC(CO)C(O)C(O)C1O)C(O)/C=C/CC/C=C/CC/C=C/CCCCCCCCCCCCCCCCCCCCCC. The largest absolute Gasteiger partial charge is 0.394 e. The van der Waals surface area contributed by atoms with Gasteiger partial charge in [0.2, 0.25) is 5.91 Å². The van der Waals surface area contributed by atoms with Crippen molar-refractivity contribution in [3.63, 3.8) is 0 Å². The molecule has 1 heterocycles. The first-order chi connectivity index (χ1) is 32.3. The molecule has 0 aromatic rings. The van der Waals surface area contributed by atoms with Gasteiger partial charge in [0, 0.05) is 6.42 Å². The van der Waals surface area contributed by atoms with Gasteiger partial charge in [-0.25, -0.2) is 0 Å². The Morgan fingerprint density at radius 2 is 0.864 bits per heavy atom. The summed E-state index contributed by atoms with van der Waals surface area (Å²) in [4.78, 5) is 13.0. The van der Waals surface area contributed by atoms with Crippen LogP contribution in [0.3, 0.4) is 0 Å². The van der Waals surface area contributed by atoms with Crippen LogP contribution in [0.4, 0.5) is 0 Å². The van der Waals surface area contributed by atoms with E-state index in [4.69, 9.17) is 9.47 Å². The van der Waals surface area contributed by atoms with Gasteiger partial charge < -0.3 is 40.3 Å². The number of allylic oxidation sites excluding steroid dienone is 7. The van der Waals surface area contributed by atoms with Gasteiger partial charge in [-0.1, -0.05) is 223 Å². The van der Waals surface area contributed by atoms with E-state index in [-0.39, 0.29) is 12.5 Å². The van der Waals surface area contributed by atoms with E-state index >= 15 is 0 Å². The quantitative estimate of drug-likeness (QED) is 0.0261. The second-order valence-corrected chi connectivity index (χ2v) is 19.4. The van der Waals surface area contributed by atoms with Crippen molar-refractivity contribution in [3.05, 3.63) is 48.6 Å². The maximum Gasteiger partial charge on any atom is 0.220 e. The Bertz CT molecular complexity index is 1170. The zero-order valence-electron chi connectivity index (χ0n) is 42.7. The topological polar surface area (TPSA) is 149 Å². The molecule has 0 aromatic heterocycles. The fourth-order valence-electron chi connectivity index (χ4n) is 8.65. The fraction of sp³-hybridized carbons (Fsp3) is 0.842. The van der Waals surface area contributed by atoms with Gasteiger partial charge in [-0.05, 0) is 70.6 Å². The monoisotopic (exact) mass is 932 g/mol. The van der Waals surface area contributed by atoms with Crippen LogP contribution in [0.1, 0.15) is 251 Å². The molecule has 1 aliphatic heterocycles. The number of carbonyl (C=O) groups excluding carboxylic acids is 1. The molecule has 0 spiro atoms. The van der Waals surface area contributed by atoms with Crippen LogP contribution < -0.4 is 5.32 Å². The van der Waals surface area contributed by atoms with Crippen molar-refractivity contribution in [3.8, 4) is 0 Å². The summed E-state index contributed by atoms with van der Waals surface area (Å²) in [5, 5.41) is 54.3. The number of hydrogen-bond acceptors (Lipinski definition) is 8. The second kappa shape index (κ2) is 46.9. The third-order valence-electron chi connectivity index (χ3n) is 13.1. The third-order valence-corrected chi connectivity index (χ3v) is 13.1. The van der Waals surface area contributed by atoms with Crippen molar-refractivity contribution in [2.75, 3.05) is 13.2 Å². The zero-order chi connectivity index (χ0) is 48.0. The van der Waals surface area contributed by atoms with Gasteiger partial charge in [0.1, 0.15) is 24.4 Å². The maximum absolute atomic E-state index is 13.0. The van der Waals surface area contributed by atoms with Gasteiger partial charge in [0.05, 0.1) is 25.4 Å². The molecule has 386 valence electrons. The Morgan fingerprint density at radius 1 is 0.500 bits per heavy atom. The van der Waals surface area contributed by atoms with Gasteiger partial charge in [-0.2, -0.15) is 0 Å². The lowest BCUT2D eigenvalue weighted by atomic mass is 9.99. The van der Waals surface area contributed by atoms with E-state index in [1.165, 1.54) is 167 Å². The number of nitrogens with one attached hydrogen (secondary N) is 1. The van der Waals surface area contributed by atoms with E-state index in [0.29, 0.717) is 6.42 Å². The Hall–Kier alpha value is -1.85. The van der Waals surface area contributed by atoms with Gasteiger partial charge in [0.25, 0.3) is 0 Å². The van der Waals surface area contributed by atoms with Crippen LogP contribution in [0.5, 0.6) is 0 Å². The van der Waals surface area contributed by atoms with Crippen LogP contribution in [0.15, 0.2) is 48.6 Å². The number of carbonyl (C=O) groups is 1. The maximum atomic E-state index is 13.0. The number of rotatable bonds is 47. The molecule has 66 heavy (non-hydrogen) atoms. The minimum Gasteiger partial charge on any atom is -0.394 e. The molecule has 1 saturated heterocycles. The average Bonchev–Trinajstić information content (AvgIpc) is 3.32. The van der Waals surface area contributed by atoms with Crippen LogP contribution in [0, 0.1) is 0 Å². The van der Waals surface area contributed by atoms with E-state index < -0.39 is 49.5 Å². The highest BCUT2D eigenvalue weighted by Gasteiger charge is 2.44. The Labute approximate surface area is 405 Å². The Balaban J connectivity index is 2.23. The summed E-state index contributed by atoms with van der Waals surface area (Å²) in [6.07, 6.45) is 54.8. The van der Waals surface area contributed by atoms with Crippen molar-refractivity contribution in [1.29, 1.82) is 0 Å². The molecule has 1 amide bonds. The number of ether oxygens (including phenoxy) is 2. The summed E-state index contributed by atoms with van der Waals surface area (Å²) < 4.78 is 11.2. The summed E-state index contributed by atoms with van der Waals surface area (Å²) >= 11 is 0. The minimum atomic E-state index is -1.58. The number of hydrogen-bond donors (Lipinski definition) is 6. The first kappa shape index (κ1) is 62.2. The van der Waals surface area contributed by atoms with Gasteiger partial charge in [0.15, 0.2) is 6.29 Å². The summed E-state index contributed by atoms with van der Waals surface area (Å²) in [6.45, 7) is 3.74. The number of unbranched alkanes of at least 4 members (excludes halogenated alkanes) is 31. The lowest BCUT2D eigenvalue weighted by molar-refractivity contribution is -0.302. The van der Waals surface area contributed by atoms with Crippen molar-refractivity contribution in [1.82, 2.24) is 5.32 Å². The molecule has 0 saturated carbocycles. The molecule has 7 atom stereocenters. The minimum absolute atomic E-state index is 0.200. The predicted molar refractivity (Wildman–Crippen MR) is 276 cm³/mol. The Kier molecular flexibility index (Phi) is 44.1. The average molecular weight is 932 g/mol. The molecule has 1 rings (SSSR count). The number of amides is 1. The highest BCUT2D eigenvalue weighted by molar-refractivity contribution is 5.76. The molecular formula is C57H105NO8. The lowest BCUT2D eigenvalue weighted by Gasteiger charge is -2.40. The van der Waals surface area contributed by atoms with E-state index in [1.54, 1.807) is 6.08 Å². The number of aliphatic hydroxyl groups is 5. The van der Waals surface area contributed by atoms with Gasteiger partial charge in [-0.3, -0.25) is 4.79 Å². The Morgan fingerprint density at radius 3 is 1.29 bits per heavy atom. The van der Waals surface area contributed by atoms with Crippen molar-refractivity contribution >= 4 is 5.91 Å². The molecule has 0 aromatic carbocycles. The molecule has 0 radical (unpaired) electrons. The molecule has 0 bridgehead atoms. The molecule has 9 nitrogen and oxygen atoms in total. The molecule has 1 aliphatic rings. The molecule has 6 N–H and O–H groups in total. The smallest absolute Gasteiger partial charge is 0.220 e. The van der Waals surface area contributed by atoms with Crippen molar-refractivity contribution in [2.45, 2.75) is 294 Å². The molecule has 9 heteroatoms. The highest BCUT2D eigenvalue weighted by atomic mass is 16.7. The normalized spacial score (nSPS) is 20.1. The summed E-state index contributed by atoms with van der Waals surface area (Å²) in [5.41, 5.74) is 0. The molecule has 7 unspecified atom stereocenters. The van der Waals surface area contributed by atoms with Crippen LogP contribution in [0.25, 0.3) is 0 Å². The van der Waals surface area contributed by atoms with Crippen LogP contribution in [-0.4, -0.2) is 87.5 Å². The first-order valence-electron chi connectivity index (χ1n) is 27.9. The molecule has 1 fully saturated rings. The summed E-state index contributed by atoms with van der Waals surface area (Å²) in [6, 6.07) is -0.833. The van der Waals surface area contributed by atoms with Gasteiger partial charge in [-0.15, -0.1) is 0 Å². The van der Waals surface area contributed by atoms with E-state index in [1.807, 2.05) is 6.08 Å². The highest BCUT2D eigenvalue weighted by Crippen LogP contribution is 2.23. The summed E-state index contributed by atoms with van der Waals surface area (Å²) in [7, 11) is 0. The van der Waals surface area contributed by atoms with Crippen LogP contribution in [-0.2, 0) is 14.3 Å². The van der Waals surface area contributed by atoms with Crippen LogP contribution in [0.2, 0.25) is 0 Å². The fourth-order valence-corrected chi connectivity index (χ4v) is 8.65. The van der Waals surface area contributed by atoms with Crippen molar-refractivity contribution < 1.29 is 39.8 Å². The van der Waals surface area contributed by atoms with Crippen LogP contribution >= 0.6 is 0 Å². The van der Waals surface area contributed by atoms with Gasteiger partial charge >= 0.3 is 0 Å².